The molecule has 4 N–H and O–H groups in total. The van der Waals surface area contributed by atoms with Crippen molar-refractivity contribution in [3.8, 4) is 0 Å². The number of nitrogens with two attached hydrogens (primary N) is 2. The van der Waals surface area contributed by atoms with Gasteiger partial charge in [-0.25, -0.2) is 0 Å². The number of hydrogen-bond donors (Lipinski definition) is 2. The predicted molar refractivity (Wildman–Crippen MR) is 69.5 cm³/mol. The van der Waals surface area contributed by atoms with E-state index in [2.05, 4.69) is 34.9 Å². The first-order chi connectivity index (χ1) is 6.89. The molecule has 0 bridgehead atoms. The number of quaternary nitrogens is 1. The molecule has 0 aromatic heterocycles. The fourth-order valence-corrected chi connectivity index (χ4v) is 0.854. The highest BCUT2D eigenvalue weighted by Gasteiger charge is 2.04. The highest BCUT2D eigenvalue weighted by Crippen LogP contribution is 1.97. The number of unbranched alkanes of at least 4 members (excludes halogenated alkanes) is 2. The molecule has 15 heavy (non-hydrogen) atoms. The number of rotatable bonds is 6. The molecule has 0 heterocycles. The van der Waals surface area contributed by atoms with Gasteiger partial charge in [-0.1, -0.05) is 26.2 Å². The largest absolute Gasteiger partial charge is 0.329 e. The molecular weight excluding hydrogens is 186 g/mol. The van der Waals surface area contributed by atoms with Crippen LogP contribution in [0.25, 0.3) is 0 Å². The van der Waals surface area contributed by atoms with Crippen LogP contribution >= 0.6 is 0 Å². The van der Waals surface area contributed by atoms with Gasteiger partial charge in [0.2, 0.25) is 0 Å². The molecule has 94 valence electrons. The van der Waals surface area contributed by atoms with Crippen molar-refractivity contribution in [1.82, 2.24) is 0 Å². The molecule has 0 fully saturated rings. The quantitative estimate of drug-likeness (QED) is 0.406. The van der Waals surface area contributed by atoms with Gasteiger partial charge in [0.05, 0.1) is 33.4 Å². The van der Waals surface area contributed by atoms with Gasteiger partial charge in [0.1, 0.15) is 0 Å². The molecule has 3 nitrogen and oxygen atoms in total. The topological polar surface area (TPSA) is 52.0 Å². The summed E-state index contributed by atoms with van der Waals surface area (Å²) in [5.41, 5.74) is 10.6. The Bertz CT molecular complexity index is 116. The van der Waals surface area contributed by atoms with Crippen molar-refractivity contribution < 1.29 is 4.48 Å². The zero-order chi connectivity index (χ0) is 12.3. The van der Waals surface area contributed by atoms with E-state index in [1.165, 1.54) is 32.4 Å². The molecule has 0 aliphatic rings. The summed E-state index contributed by atoms with van der Waals surface area (Å²) < 4.78 is 1.14. The molecule has 0 saturated carbocycles. The lowest BCUT2D eigenvalue weighted by molar-refractivity contribution is -0.886. The Kier molecular flexibility index (Phi) is 12.0. The summed E-state index contributed by atoms with van der Waals surface area (Å²) in [6.07, 6.45) is 4.54. The Hall–Kier alpha value is -0.120. The molecule has 0 atom stereocenters. The predicted octanol–water partition coefficient (Wildman–Crippen LogP) is 1.91. The van der Waals surface area contributed by atoms with Gasteiger partial charge in [-0.2, -0.15) is 0 Å². The van der Waals surface area contributed by atoms with Gasteiger partial charge in [0, 0.05) is 0 Å². The van der Waals surface area contributed by atoms with Gasteiger partial charge in [-0.3, -0.25) is 0 Å². The normalized spacial score (nSPS) is 11.2. The van der Waals surface area contributed by atoms with Crippen LogP contribution in [-0.4, -0.2) is 37.8 Å². The summed E-state index contributed by atoms with van der Waals surface area (Å²) in [4.78, 5) is 0. The van der Waals surface area contributed by atoms with Gasteiger partial charge in [-0.15, -0.1) is 0 Å². The smallest absolute Gasteiger partial charge is 0.0753 e. The van der Waals surface area contributed by atoms with Crippen molar-refractivity contribution in [2.45, 2.75) is 52.6 Å². The van der Waals surface area contributed by atoms with E-state index in [9.17, 15) is 0 Å². The van der Waals surface area contributed by atoms with Crippen LogP contribution in [0.1, 0.15) is 46.5 Å². The Morgan fingerprint density at radius 3 is 1.60 bits per heavy atom. The molecule has 0 rings (SSSR count). The maximum absolute atomic E-state index is 5.31. The lowest BCUT2D eigenvalue weighted by Crippen LogP contribution is -2.38. The van der Waals surface area contributed by atoms with E-state index < -0.39 is 0 Å². The minimum atomic E-state index is -0.0958. The van der Waals surface area contributed by atoms with Crippen LogP contribution in [0.4, 0.5) is 0 Å². The lowest BCUT2D eigenvalue weighted by atomic mass is 10.2. The van der Waals surface area contributed by atoms with Gasteiger partial charge in [0.25, 0.3) is 0 Å². The Labute approximate surface area is 96.4 Å². The molecule has 0 unspecified atom stereocenters. The van der Waals surface area contributed by atoms with Crippen molar-refractivity contribution in [3.63, 3.8) is 0 Å². The third-order valence-electron chi connectivity index (χ3n) is 2.85. The Morgan fingerprint density at radius 1 is 0.933 bits per heavy atom. The van der Waals surface area contributed by atoms with Gasteiger partial charge in [-0.05, 0) is 20.3 Å². The van der Waals surface area contributed by atoms with Crippen LogP contribution < -0.4 is 11.5 Å². The van der Waals surface area contributed by atoms with Crippen LogP contribution in [0.2, 0.25) is 0 Å². The number of nitrogens with zero attached hydrogens (tertiary/aromatic N) is 1. The van der Waals surface area contributed by atoms with E-state index in [4.69, 9.17) is 11.5 Å². The molecule has 0 spiro atoms. The third-order valence-corrected chi connectivity index (χ3v) is 2.85. The van der Waals surface area contributed by atoms with Crippen molar-refractivity contribution in [1.29, 1.82) is 0 Å². The fraction of sp³-hybridized carbons (Fsp3) is 1.00. The Morgan fingerprint density at radius 2 is 1.40 bits per heavy atom. The van der Waals surface area contributed by atoms with Gasteiger partial charge >= 0.3 is 0 Å². The summed E-state index contributed by atoms with van der Waals surface area (Å²) >= 11 is 0. The highest BCUT2D eigenvalue weighted by molar-refractivity contribution is 4.49. The second kappa shape index (κ2) is 10.4. The number of hydrogen-bond acceptors (Lipinski definition) is 2. The second-order valence-corrected chi connectivity index (χ2v) is 4.73. The zero-order valence-corrected chi connectivity index (χ0v) is 11.4. The Balaban J connectivity index is 0. The maximum Gasteiger partial charge on any atom is 0.0753 e. The molecule has 0 aliphatic carbocycles. The van der Waals surface area contributed by atoms with Gasteiger partial charge < -0.3 is 16.0 Å². The minimum absolute atomic E-state index is 0.0958. The average Bonchev–Trinajstić information content (AvgIpc) is 2.19. The van der Waals surface area contributed by atoms with Crippen molar-refractivity contribution in [3.05, 3.63) is 0 Å². The molecule has 0 aromatic rings. The van der Waals surface area contributed by atoms with Crippen LogP contribution in [0.3, 0.4) is 0 Å². The molecular formula is C12H32N3+. The van der Waals surface area contributed by atoms with Crippen LogP contribution in [0, 0.1) is 0 Å². The minimum Gasteiger partial charge on any atom is -0.329 e. The molecule has 0 amide bonds. The molecule has 0 aliphatic heterocycles. The van der Waals surface area contributed by atoms with Crippen molar-refractivity contribution in [2.75, 3.05) is 27.2 Å². The summed E-state index contributed by atoms with van der Waals surface area (Å²) in [6, 6.07) is 0. The summed E-state index contributed by atoms with van der Waals surface area (Å²) in [7, 11) is 4.47. The monoisotopic (exact) mass is 218 g/mol. The van der Waals surface area contributed by atoms with E-state index in [0.717, 1.165) is 10.9 Å². The summed E-state index contributed by atoms with van der Waals surface area (Å²) in [5.74, 6) is 0. The first-order valence-electron chi connectivity index (χ1n) is 6.22. The first-order valence-corrected chi connectivity index (χ1v) is 6.22. The molecule has 0 radical (unpaired) electrons. The SMILES string of the molecule is CCCCCC(N)N.CC[N+](C)(C)CC. The zero-order valence-electron chi connectivity index (χ0n) is 11.4. The lowest BCUT2D eigenvalue weighted by Gasteiger charge is -2.25. The summed E-state index contributed by atoms with van der Waals surface area (Å²) in [5, 5.41) is 0. The van der Waals surface area contributed by atoms with Crippen LogP contribution in [-0.2, 0) is 0 Å². The molecule has 3 heteroatoms. The van der Waals surface area contributed by atoms with Crippen molar-refractivity contribution in [2.24, 2.45) is 11.5 Å². The van der Waals surface area contributed by atoms with E-state index in [1.54, 1.807) is 0 Å². The van der Waals surface area contributed by atoms with Crippen LogP contribution in [0.5, 0.6) is 0 Å². The fourth-order valence-electron chi connectivity index (χ4n) is 0.854. The summed E-state index contributed by atoms with van der Waals surface area (Å²) in [6.45, 7) is 9.06. The molecule has 0 saturated heterocycles. The van der Waals surface area contributed by atoms with E-state index >= 15 is 0 Å². The van der Waals surface area contributed by atoms with Crippen molar-refractivity contribution >= 4 is 0 Å². The standard InChI is InChI=1S/C6H16N2.C6H16N/c1-2-3-4-5-6(7)8;1-5-7(3,4)6-2/h6H,2-5,7-8H2,1H3;5-6H2,1-4H3/q;+1. The molecule has 0 aromatic carbocycles. The van der Waals surface area contributed by atoms with Crippen LogP contribution in [0.15, 0.2) is 0 Å². The van der Waals surface area contributed by atoms with Gasteiger partial charge in [0.15, 0.2) is 0 Å². The van der Waals surface area contributed by atoms with E-state index in [-0.39, 0.29) is 6.17 Å². The highest BCUT2D eigenvalue weighted by atomic mass is 15.3. The first kappa shape index (κ1) is 17.3. The average molecular weight is 218 g/mol. The maximum atomic E-state index is 5.31. The second-order valence-electron chi connectivity index (χ2n) is 4.73. The third kappa shape index (κ3) is 16.5. The van der Waals surface area contributed by atoms with E-state index in [1.807, 2.05) is 0 Å². The van der Waals surface area contributed by atoms with E-state index in [0.29, 0.717) is 0 Å².